The van der Waals surface area contributed by atoms with E-state index in [0.29, 0.717) is 24.6 Å². The molecule has 0 aliphatic carbocycles. The van der Waals surface area contributed by atoms with E-state index in [0.717, 1.165) is 0 Å². The van der Waals surface area contributed by atoms with Crippen LogP contribution in [0.2, 0.25) is 0 Å². The lowest BCUT2D eigenvalue weighted by Crippen LogP contribution is -2.34. The predicted octanol–water partition coefficient (Wildman–Crippen LogP) is 2.25. The van der Waals surface area contributed by atoms with E-state index in [1.54, 1.807) is 11.0 Å². The van der Waals surface area contributed by atoms with E-state index >= 15 is 0 Å². The highest BCUT2D eigenvalue weighted by atomic mass is 19.1. The Morgan fingerprint density at radius 3 is 2.65 bits per heavy atom. The Hall–Kier alpha value is -1.86. The van der Waals surface area contributed by atoms with Crippen molar-refractivity contribution in [2.75, 3.05) is 19.6 Å². The molecule has 0 saturated carbocycles. The molecule has 0 radical (unpaired) electrons. The van der Waals surface area contributed by atoms with E-state index in [2.05, 4.69) is 11.8 Å². The Labute approximate surface area is 120 Å². The minimum absolute atomic E-state index is 0.154. The molecule has 0 aromatic heterocycles. The Bertz CT molecular complexity index is 529. The summed E-state index contributed by atoms with van der Waals surface area (Å²) in [6, 6.07) is 4.37. The molecule has 0 atom stereocenters. The largest absolute Gasteiger partial charge is 0.339 e. The zero-order chi connectivity index (χ0) is 15.1. The molecule has 1 rings (SSSR count). The first kappa shape index (κ1) is 16.2. The number of nitrogens with zero attached hydrogens (tertiary/aromatic N) is 1. The maximum Gasteiger partial charge on any atom is 0.253 e. The molecule has 0 saturated heterocycles. The van der Waals surface area contributed by atoms with Crippen LogP contribution >= 0.6 is 0 Å². The van der Waals surface area contributed by atoms with Gasteiger partial charge < -0.3 is 10.6 Å². The molecule has 1 aromatic rings. The van der Waals surface area contributed by atoms with Crippen molar-refractivity contribution < 1.29 is 9.18 Å². The Morgan fingerprint density at radius 1 is 1.45 bits per heavy atom. The second kappa shape index (κ2) is 7.66. The summed E-state index contributed by atoms with van der Waals surface area (Å²) in [7, 11) is 0. The van der Waals surface area contributed by atoms with Gasteiger partial charge in [-0.05, 0) is 31.0 Å². The van der Waals surface area contributed by atoms with Crippen molar-refractivity contribution in [3.05, 3.63) is 35.1 Å². The highest BCUT2D eigenvalue weighted by molar-refractivity contribution is 5.94. The molecule has 4 heteroatoms. The molecule has 0 unspecified atom stereocenters. The van der Waals surface area contributed by atoms with Crippen LogP contribution < -0.4 is 5.73 Å². The summed E-state index contributed by atoms with van der Waals surface area (Å²) in [4.78, 5) is 14.0. The van der Waals surface area contributed by atoms with Crippen molar-refractivity contribution in [1.82, 2.24) is 4.90 Å². The first-order valence-corrected chi connectivity index (χ1v) is 6.77. The first-order chi connectivity index (χ1) is 9.49. The van der Waals surface area contributed by atoms with Gasteiger partial charge in [-0.2, -0.15) is 0 Å². The van der Waals surface area contributed by atoms with E-state index in [1.807, 2.05) is 20.8 Å². The lowest BCUT2D eigenvalue weighted by molar-refractivity contribution is 0.0745. The highest BCUT2D eigenvalue weighted by Crippen LogP contribution is 2.13. The average molecular weight is 276 g/mol. The van der Waals surface area contributed by atoms with Crippen LogP contribution in [0.1, 0.15) is 36.7 Å². The van der Waals surface area contributed by atoms with Crippen molar-refractivity contribution in [3.63, 3.8) is 0 Å². The zero-order valence-corrected chi connectivity index (χ0v) is 12.2. The summed E-state index contributed by atoms with van der Waals surface area (Å²) in [6.07, 6.45) is 0. The van der Waals surface area contributed by atoms with Gasteiger partial charge in [0.15, 0.2) is 0 Å². The second-order valence-electron chi connectivity index (χ2n) is 4.94. The van der Waals surface area contributed by atoms with Crippen molar-refractivity contribution in [1.29, 1.82) is 0 Å². The maximum atomic E-state index is 13.8. The third-order valence-corrected chi connectivity index (χ3v) is 2.80. The van der Waals surface area contributed by atoms with Crippen LogP contribution in [0.3, 0.4) is 0 Å². The minimum atomic E-state index is -0.489. The Kier molecular flexibility index (Phi) is 6.20. The third-order valence-electron chi connectivity index (χ3n) is 2.80. The van der Waals surface area contributed by atoms with Gasteiger partial charge in [0.05, 0.1) is 12.1 Å². The van der Waals surface area contributed by atoms with Crippen molar-refractivity contribution in [3.8, 4) is 11.8 Å². The third kappa shape index (κ3) is 4.36. The van der Waals surface area contributed by atoms with Crippen molar-refractivity contribution in [2.24, 2.45) is 11.7 Å². The molecule has 108 valence electrons. The minimum Gasteiger partial charge on any atom is -0.339 e. The van der Waals surface area contributed by atoms with E-state index in [4.69, 9.17) is 5.73 Å². The number of halogens is 1. The Morgan fingerprint density at radius 2 is 2.15 bits per heavy atom. The van der Waals surface area contributed by atoms with Crippen LogP contribution in [0.25, 0.3) is 0 Å². The quantitative estimate of drug-likeness (QED) is 0.857. The zero-order valence-electron chi connectivity index (χ0n) is 12.2. The fourth-order valence-electron chi connectivity index (χ4n) is 1.87. The molecule has 1 aromatic carbocycles. The Balaban J connectivity index is 2.96. The number of nitrogens with two attached hydrogens (primary N) is 1. The standard InChI is InChI=1S/C16H21FN2O/c1-4-19(11-12(2)3)16(20)14-8-7-13(6-5-9-18)15(17)10-14/h7-8,10,12H,4,9,11,18H2,1-3H3. The molecular weight excluding hydrogens is 255 g/mol. The number of amides is 1. The van der Waals surface area contributed by atoms with Crippen LogP contribution in [0.5, 0.6) is 0 Å². The van der Waals surface area contributed by atoms with Gasteiger partial charge in [-0.15, -0.1) is 0 Å². The molecule has 20 heavy (non-hydrogen) atoms. The number of rotatable bonds is 4. The van der Waals surface area contributed by atoms with Gasteiger partial charge in [0.25, 0.3) is 5.91 Å². The van der Waals surface area contributed by atoms with Gasteiger partial charge in [0.1, 0.15) is 5.82 Å². The monoisotopic (exact) mass is 276 g/mol. The summed E-state index contributed by atoms with van der Waals surface area (Å²) in [6.45, 7) is 7.44. The van der Waals surface area contributed by atoms with Gasteiger partial charge in [0, 0.05) is 18.7 Å². The SMILES string of the molecule is CCN(CC(C)C)C(=O)c1ccc(C#CCN)c(F)c1. The fraction of sp³-hybridized carbons (Fsp3) is 0.438. The van der Waals surface area contributed by atoms with E-state index < -0.39 is 5.82 Å². The van der Waals surface area contributed by atoms with Gasteiger partial charge in [-0.1, -0.05) is 25.7 Å². The number of carbonyl (C=O) groups is 1. The molecule has 0 fully saturated rings. The van der Waals surface area contributed by atoms with E-state index in [-0.39, 0.29) is 18.0 Å². The van der Waals surface area contributed by atoms with Crippen molar-refractivity contribution >= 4 is 5.91 Å². The lowest BCUT2D eigenvalue weighted by atomic mass is 10.1. The molecular formula is C16H21FN2O. The van der Waals surface area contributed by atoms with Crippen LogP contribution in [0, 0.1) is 23.6 Å². The number of carbonyl (C=O) groups excluding carboxylic acids is 1. The molecule has 1 amide bonds. The first-order valence-electron chi connectivity index (χ1n) is 6.77. The predicted molar refractivity (Wildman–Crippen MR) is 78.7 cm³/mol. The highest BCUT2D eigenvalue weighted by Gasteiger charge is 2.16. The summed E-state index contributed by atoms with van der Waals surface area (Å²) >= 11 is 0. The van der Waals surface area contributed by atoms with Crippen LogP contribution in [-0.2, 0) is 0 Å². The summed E-state index contributed by atoms with van der Waals surface area (Å²) in [5.41, 5.74) is 5.86. The van der Waals surface area contributed by atoms with Crippen LogP contribution in [0.4, 0.5) is 4.39 Å². The summed E-state index contributed by atoms with van der Waals surface area (Å²) < 4.78 is 13.8. The number of hydrogen-bond donors (Lipinski definition) is 1. The van der Waals surface area contributed by atoms with Gasteiger partial charge in [0.2, 0.25) is 0 Å². The molecule has 0 spiro atoms. The molecule has 0 heterocycles. The van der Waals surface area contributed by atoms with Gasteiger partial charge >= 0.3 is 0 Å². The van der Waals surface area contributed by atoms with Gasteiger partial charge in [-0.3, -0.25) is 4.79 Å². The smallest absolute Gasteiger partial charge is 0.253 e. The topological polar surface area (TPSA) is 46.3 Å². The number of benzene rings is 1. The molecule has 0 aliphatic rings. The van der Waals surface area contributed by atoms with Gasteiger partial charge in [-0.25, -0.2) is 4.39 Å². The summed E-state index contributed by atoms with van der Waals surface area (Å²) in [5, 5.41) is 0. The van der Waals surface area contributed by atoms with E-state index in [1.165, 1.54) is 12.1 Å². The summed E-state index contributed by atoms with van der Waals surface area (Å²) in [5.74, 6) is 4.97. The molecule has 2 N–H and O–H groups in total. The molecule has 3 nitrogen and oxygen atoms in total. The average Bonchev–Trinajstić information content (AvgIpc) is 2.42. The molecule has 0 bridgehead atoms. The van der Waals surface area contributed by atoms with Crippen LogP contribution in [0.15, 0.2) is 18.2 Å². The second-order valence-corrected chi connectivity index (χ2v) is 4.94. The maximum absolute atomic E-state index is 13.8. The van der Waals surface area contributed by atoms with Crippen LogP contribution in [-0.4, -0.2) is 30.4 Å². The van der Waals surface area contributed by atoms with E-state index in [9.17, 15) is 9.18 Å². The fourth-order valence-corrected chi connectivity index (χ4v) is 1.87. The lowest BCUT2D eigenvalue weighted by Gasteiger charge is -2.23. The normalized spacial score (nSPS) is 10.1. The van der Waals surface area contributed by atoms with Crippen molar-refractivity contribution in [2.45, 2.75) is 20.8 Å². The number of hydrogen-bond acceptors (Lipinski definition) is 2. The molecule has 0 aliphatic heterocycles.